The SMILES string of the molecule is FC1(F)C2(OCCO2)C2=C(CC=C2)C12OCCO2. The largest absolute Gasteiger partial charge is 0.361 e. The van der Waals surface area contributed by atoms with E-state index in [9.17, 15) is 8.78 Å². The Morgan fingerprint density at radius 1 is 0.889 bits per heavy atom. The molecule has 4 aliphatic rings. The number of ether oxygens (including phenoxy) is 4. The molecule has 4 rings (SSSR count). The minimum Gasteiger partial charge on any atom is -0.339 e. The summed E-state index contributed by atoms with van der Waals surface area (Å²) in [5.74, 6) is -7.40. The van der Waals surface area contributed by atoms with Crippen molar-refractivity contribution in [1.82, 2.24) is 0 Å². The van der Waals surface area contributed by atoms with Crippen LogP contribution >= 0.6 is 0 Å². The van der Waals surface area contributed by atoms with E-state index >= 15 is 0 Å². The number of fused-ring (bicyclic) bond motifs is 2. The van der Waals surface area contributed by atoms with E-state index in [0.29, 0.717) is 17.6 Å². The number of hydrogen-bond acceptors (Lipinski definition) is 4. The maximum Gasteiger partial charge on any atom is 0.361 e. The van der Waals surface area contributed by atoms with Gasteiger partial charge in [0.15, 0.2) is 0 Å². The molecule has 0 saturated carbocycles. The predicted molar refractivity (Wildman–Crippen MR) is 55.0 cm³/mol. The van der Waals surface area contributed by atoms with Gasteiger partial charge in [-0.25, -0.2) is 0 Å². The van der Waals surface area contributed by atoms with Crippen LogP contribution in [-0.2, 0) is 18.9 Å². The van der Waals surface area contributed by atoms with E-state index in [1.165, 1.54) is 0 Å². The zero-order chi connectivity index (χ0) is 12.4. The van der Waals surface area contributed by atoms with E-state index in [1.54, 1.807) is 12.2 Å². The first-order chi connectivity index (χ1) is 8.64. The molecule has 2 aliphatic carbocycles. The van der Waals surface area contributed by atoms with Crippen molar-refractivity contribution in [3.05, 3.63) is 23.3 Å². The maximum atomic E-state index is 14.8. The fraction of sp³-hybridized carbons (Fsp3) is 0.667. The Morgan fingerprint density at radius 3 is 2.06 bits per heavy atom. The summed E-state index contributed by atoms with van der Waals surface area (Å²) < 4.78 is 50.7. The first kappa shape index (κ1) is 11.0. The lowest BCUT2D eigenvalue weighted by Crippen LogP contribution is -2.59. The van der Waals surface area contributed by atoms with Crippen LogP contribution in [0.5, 0.6) is 0 Å². The molecule has 2 spiro atoms. The molecule has 0 aromatic carbocycles. The van der Waals surface area contributed by atoms with Gasteiger partial charge in [-0.3, -0.25) is 0 Å². The summed E-state index contributed by atoms with van der Waals surface area (Å²) in [4.78, 5) is 0. The van der Waals surface area contributed by atoms with Crippen LogP contribution in [0.25, 0.3) is 0 Å². The average Bonchev–Trinajstić information content (AvgIpc) is 3.10. The van der Waals surface area contributed by atoms with Crippen LogP contribution in [0.4, 0.5) is 8.78 Å². The Morgan fingerprint density at radius 2 is 1.44 bits per heavy atom. The molecule has 0 atom stereocenters. The summed E-state index contributed by atoms with van der Waals surface area (Å²) in [6.45, 7) is 0.609. The Balaban J connectivity index is 1.93. The van der Waals surface area contributed by atoms with Crippen LogP contribution in [0.15, 0.2) is 23.3 Å². The lowest BCUT2D eigenvalue weighted by Gasteiger charge is -2.37. The number of halogens is 2. The molecule has 0 N–H and O–H groups in total. The average molecular weight is 258 g/mol. The van der Waals surface area contributed by atoms with Gasteiger partial charge in [0.1, 0.15) is 0 Å². The second-order valence-corrected chi connectivity index (χ2v) is 4.70. The monoisotopic (exact) mass is 258 g/mol. The highest BCUT2D eigenvalue weighted by Gasteiger charge is 2.80. The molecule has 2 saturated heterocycles. The molecule has 18 heavy (non-hydrogen) atoms. The molecule has 2 fully saturated rings. The van der Waals surface area contributed by atoms with Gasteiger partial charge in [-0.15, -0.1) is 0 Å². The van der Waals surface area contributed by atoms with Crippen molar-refractivity contribution in [2.24, 2.45) is 0 Å². The van der Waals surface area contributed by atoms with E-state index in [1.807, 2.05) is 0 Å². The van der Waals surface area contributed by atoms with Gasteiger partial charge in [-0.05, 0) is 6.42 Å². The molecule has 0 amide bonds. The van der Waals surface area contributed by atoms with Gasteiger partial charge in [0, 0.05) is 11.1 Å². The van der Waals surface area contributed by atoms with Crippen molar-refractivity contribution < 1.29 is 27.7 Å². The van der Waals surface area contributed by atoms with Gasteiger partial charge in [0.25, 0.3) is 11.6 Å². The molecule has 98 valence electrons. The van der Waals surface area contributed by atoms with Crippen LogP contribution in [-0.4, -0.2) is 43.9 Å². The predicted octanol–water partition coefficient (Wildman–Crippen LogP) is 1.38. The van der Waals surface area contributed by atoms with E-state index in [0.717, 1.165) is 0 Å². The Kier molecular flexibility index (Phi) is 1.96. The zero-order valence-electron chi connectivity index (χ0n) is 9.58. The number of alkyl halides is 2. The summed E-state index contributed by atoms with van der Waals surface area (Å²) in [5.41, 5.74) is 0.804. The topological polar surface area (TPSA) is 36.9 Å². The number of allylic oxidation sites excluding steroid dienone is 1. The summed E-state index contributed by atoms with van der Waals surface area (Å²) in [6.07, 6.45) is 3.83. The van der Waals surface area contributed by atoms with Crippen molar-refractivity contribution >= 4 is 0 Å². The van der Waals surface area contributed by atoms with E-state index in [2.05, 4.69) is 0 Å². The van der Waals surface area contributed by atoms with Gasteiger partial charge in [0.05, 0.1) is 26.4 Å². The van der Waals surface area contributed by atoms with Gasteiger partial charge >= 0.3 is 5.92 Å². The molecule has 0 radical (unpaired) electrons. The Labute approximate surface area is 102 Å². The third-order valence-electron chi connectivity index (χ3n) is 3.90. The molecule has 2 heterocycles. The first-order valence-electron chi connectivity index (χ1n) is 5.98. The highest BCUT2D eigenvalue weighted by molar-refractivity contribution is 5.52. The van der Waals surface area contributed by atoms with Gasteiger partial charge < -0.3 is 18.9 Å². The molecule has 6 heteroatoms. The molecular weight excluding hydrogens is 246 g/mol. The minimum absolute atomic E-state index is 0.149. The highest BCUT2D eigenvalue weighted by Crippen LogP contribution is 2.62. The first-order valence-corrected chi connectivity index (χ1v) is 5.98. The van der Waals surface area contributed by atoms with Crippen molar-refractivity contribution in [1.29, 1.82) is 0 Å². The van der Waals surface area contributed by atoms with E-state index in [4.69, 9.17) is 18.9 Å². The molecular formula is C12H12F2O4. The summed E-state index contributed by atoms with van der Waals surface area (Å²) in [6, 6.07) is 0. The molecule has 4 nitrogen and oxygen atoms in total. The number of hydrogen-bond donors (Lipinski definition) is 0. The summed E-state index contributed by atoms with van der Waals surface area (Å²) in [5, 5.41) is 0. The van der Waals surface area contributed by atoms with Crippen molar-refractivity contribution in [3.63, 3.8) is 0 Å². The molecule has 0 bridgehead atoms. The van der Waals surface area contributed by atoms with Crippen LogP contribution in [0.2, 0.25) is 0 Å². The maximum absolute atomic E-state index is 14.8. The standard InChI is InChI=1S/C12H12F2O4/c13-12(14)10(15-4-5-16-10)8-2-1-3-9(8)11(12)17-6-7-18-11/h1-2H,3-7H2. The zero-order valence-corrected chi connectivity index (χ0v) is 9.58. The fourth-order valence-electron chi connectivity index (χ4n) is 3.22. The summed E-state index contributed by atoms with van der Waals surface area (Å²) in [7, 11) is 0. The van der Waals surface area contributed by atoms with Crippen molar-refractivity contribution in [2.75, 3.05) is 26.4 Å². The molecule has 2 aliphatic heterocycles. The van der Waals surface area contributed by atoms with Gasteiger partial charge in [-0.2, -0.15) is 8.78 Å². The molecule has 0 aromatic rings. The Hall–Kier alpha value is -0.820. The molecule has 0 unspecified atom stereocenters. The van der Waals surface area contributed by atoms with E-state index in [-0.39, 0.29) is 26.4 Å². The number of rotatable bonds is 0. The van der Waals surface area contributed by atoms with E-state index < -0.39 is 17.5 Å². The third-order valence-corrected chi connectivity index (χ3v) is 3.90. The minimum atomic E-state index is -3.37. The van der Waals surface area contributed by atoms with Crippen LogP contribution in [0.1, 0.15) is 6.42 Å². The second kappa shape index (κ2) is 3.19. The normalized spacial score (nSPS) is 34.1. The smallest absolute Gasteiger partial charge is 0.339 e. The lowest BCUT2D eigenvalue weighted by atomic mass is 10.0. The lowest BCUT2D eigenvalue weighted by molar-refractivity contribution is -0.350. The quantitative estimate of drug-likeness (QED) is 0.657. The van der Waals surface area contributed by atoms with Crippen molar-refractivity contribution in [3.8, 4) is 0 Å². The van der Waals surface area contributed by atoms with Crippen LogP contribution in [0, 0.1) is 0 Å². The van der Waals surface area contributed by atoms with Gasteiger partial charge in [-0.1, -0.05) is 12.2 Å². The Bertz CT molecular complexity index is 457. The fourth-order valence-corrected chi connectivity index (χ4v) is 3.22. The van der Waals surface area contributed by atoms with Crippen molar-refractivity contribution in [2.45, 2.75) is 23.9 Å². The summed E-state index contributed by atoms with van der Waals surface area (Å²) >= 11 is 0. The van der Waals surface area contributed by atoms with Crippen LogP contribution < -0.4 is 0 Å². The molecule has 0 aromatic heterocycles. The van der Waals surface area contributed by atoms with Crippen LogP contribution in [0.3, 0.4) is 0 Å². The second-order valence-electron chi connectivity index (χ2n) is 4.70. The third kappa shape index (κ3) is 0.934. The highest BCUT2D eigenvalue weighted by atomic mass is 19.3. The van der Waals surface area contributed by atoms with Gasteiger partial charge in [0.2, 0.25) is 0 Å².